The lowest BCUT2D eigenvalue weighted by Gasteiger charge is -2.17. The van der Waals surface area contributed by atoms with E-state index < -0.39 is 5.92 Å². The Morgan fingerprint density at radius 2 is 1.87 bits per heavy atom. The monoisotopic (exact) mass is 417 g/mol. The van der Waals surface area contributed by atoms with Crippen molar-refractivity contribution in [2.24, 2.45) is 5.92 Å². The number of anilines is 2. The average molecular weight is 418 g/mol. The maximum Gasteiger partial charge on any atom is 0.230 e. The molecule has 1 fully saturated rings. The van der Waals surface area contributed by atoms with Crippen LogP contribution in [-0.4, -0.2) is 33.1 Å². The Bertz CT molecular complexity index is 1100. The van der Waals surface area contributed by atoms with Crippen LogP contribution in [0.25, 0.3) is 5.82 Å². The van der Waals surface area contributed by atoms with E-state index in [4.69, 9.17) is 0 Å². The summed E-state index contributed by atoms with van der Waals surface area (Å²) in [5.41, 5.74) is 2.60. The smallest absolute Gasteiger partial charge is 0.230 e. The summed E-state index contributed by atoms with van der Waals surface area (Å²) >= 11 is 0. The van der Waals surface area contributed by atoms with Gasteiger partial charge in [0.25, 0.3) is 0 Å². The second-order valence-electron chi connectivity index (χ2n) is 8.99. The number of rotatable bonds is 4. The Hall–Kier alpha value is -3.48. The summed E-state index contributed by atoms with van der Waals surface area (Å²) in [6.07, 6.45) is 1.87. The van der Waals surface area contributed by atoms with Crippen molar-refractivity contribution in [2.45, 2.75) is 39.5 Å². The second-order valence-corrected chi connectivity index (χ2v) is 8.99. The minimum absolute atomic E-state index is 0.0439. The molecule has 0 saturated carbocycles. The Kier molecular flexibility index (Phi) is 5.35. The van der Waals surface area contributed by atoms with E-state index in [1.165, 1.54) is 0 Å². The van der Waals surface area contributed by atoms with Crippen LogP contribution in [0.2, 0.25) is 0 Å². The fourth-order valence-corrected chi connectivity index (χ4v) is 3.58. The molecule has 0 spiro atoms. The molecular formula is C24H27N5O2. The van der Waals surface area contributed by atoms with Crippen LogP contribution >= 0.6 is 0 Å². The van der Waals surface area contributed by atoms with Gasteiger partial charge in [-0.1, -0.05) is 44.5 Å². The summed E-state index contributed by atoms with van der Waals surface area (Å²) in [6, 6.07) is 15.2. The number of amides is 2. The SMILES string of the molecule is Cc1ccc(N2CC(C(=O)Nc3cc(C(C)(C)C)nn3-c3ccccn3)CC2=O)cc1. The van der Waals surface area contributed by atoms with Crippen molar-refractivity contribution in [2.75, 3.05) is 16.8 Å². The van der Waals surface area contributed by atoms with Gasteiger partial charge in [-0.25, -0.2) is 4.98 Å². The highest BCUT2D eigenvalue weighted by molar-refractivity contribution is 6.03. The number of nitrogens with one attached hydrogen (secondary N) is 1. The third kappa shape index (κ3) is 4.35. The van der Waals surface area contributed by atoms with E-state index in [0.717, 1.165) is 16.9 Å². The predicted octanol–water partition coefficient (Wildman–Crippen LogP) is 3.86. The molecule has 2 amide bonds. The van der Waals surface area contributed by atoms with Gasteiger partial charge in [0.15, 0.2) is 5.82 Å². The first-order chi connectivity index (χ1) is 14.7. The van der Waals surface area contributed by atoms with Crippen LogP contribution < -0.4 is 10.2 Å². The van der Waals surface area contributed by atoms with E-state index in [2.05, 4.69) is 36.2 Å². The molecule has 1 aliphatic rings. The lowest BCUT2D eigenvalue weighted by Crippen LogP contribution is -2.28. The van der Waals surface area contributed by atoms with Crippen LogP contribution in [0.1, 0.15) is 38.4 Å². The minimum Gasteiger partial charge on any atom is -0.312 e. The molecule has 4 rings (SSSR count). The molecule has 1 aliphatic heterocycles. The zero-order chi connectivity index (χ0) is 22.2. The molecule has 3 heterocycles. The number of pyridine rings is 1. The number of nitrogens with zero attached hydrogens (tertiary/aromatic N) is 4. The van der Waals surface area contributed by atoms with Crippen molar-refractivity contribution in [3.8, 4) is 5.82 Å². The van der Waals surface area contributed by atoms with Gasteiger partial charge in [0.05, 0.1) is 11.6 Å². The lowest BCUT2D eigenvalue weighted by molar-refractivity contribution is -0.122. The molecule has 7 nitrogen and oxygen atoms in total. The van der Waals surface area contributed by atoms with Gasteiger partial charge in [-0.15, -0.1) is 0 Å². The van der Waals surface area contributed by atoms with Crippen molar-refractivity contribution < 1.29 is 9.59 Å². The third-order valence-corrected chi connectivity index (χ3v) is 5.44. The molecule has 0 aliphatic carbocycles. The maximum absolute atomic E-state index is 13.1. The van der Waals surface area contributed by atoms with Crippen molar-refractivity contribution in [3.63, 3.8) is 0 Å². The van der Waals surface area contributed by atoms with Crippen LogP contribution in [0.4, 0.5) is 11.5 Å². The first-order valence-electron chi connectivity index (χ1n) is 10.4. The normalized spacial score (nSPS) is 16.6. The largest absolute Gasteiger partial charge is 0.312 e. The highest BCUT2D eigenvalue weighted by Gasteiger charge is 2.35. The van der Waals surface area contributed by atoms with E-state index in [-0.39, 0.29) is 23.7 Å². The standard InChI is InChI=1S/C24H27N5O2/c1-16-8-10-18(11-9-16)28-15-17(13-22(28)30)23(31)26-21-14-19(24(2,3)4)27-29(21)20-7-5-6-12-25-20/h5-12,14,17H,13,15H2,1-4H3,(H,26,31). The first kappa shape index (κ1) is 20.8. The van der Waals surface area contributed by atoms with Gasteiger partial charge < -0.3 is 10.2 Å². The fraction of sp³-hybridized carbons (Fsp3) is 0.333. The van der Waals surface area contributed by atoms with E-state index in [1.54, 1.807) is 15.8 Å². The van der Waals surface area contributed by atoms with Crippen molar-refractivity contribution in [1.29, 1.82) is 0 Å². The van der Waals surface area contributed by atoms with Crippen LogP contribution in [0.5, 0.6) is 0 Å². The molecule has 1 unspecified atom stereocenters. The molecular weight excluding hydrogens is 390 g/mol. The average Bonchev–Trinajstić information content (AvgIpc) is 3.33. The summed E-state index contributed by atoms with van der Waals surface area (Å²) in [4.78, 5) is 31.7. The molecule has 2 aromatic heterocycles. The number of hydrogen-bond acceptors (Lipinski definition) is 4. The van der Waals surface area contributed by atoms with Gasteiger partial charge in [-0.05, 0) is 31.2 Å². The van der Waals surface area contributed by atoms with Gasteiger partial charge in [0.2, 0.25) is 11.8 Å². The topological polar surface area (TPSA) is 80.1 Å². The zero-order valence-electron chi connectivity index (χ0n) is 18.3. The number of carbonyl (C=O) groups is 2. The van der Waals surface area contributed by atoms with Crippen LogP contribution in [0.3, 0.4) is 0 Å². The molecule has 1 aromatic carbocycles. The van der Waals surface area contributed by atoms with E-state index in [9.17, 15) is 9.59 Å². The van der Waals surface area contributed by atoms with E-state index in [1.807, 2.05) is 55.5 Å². The Morgan fingerprint density at radius 3 is 2.52 bits per heavy atom. The molecule has 160 valence electrons. The highest BCUT2D eigenvalue weighted by atomic mass is 16.2. The van der Waals surface area contributed by atoms with Crippen LogP contribution in [0.15, 0.2) is 54.7 Å². The summed E-state index contributed by atoms with van der Waals surface area (Å²) in [6.45, 7) is 8.57. The van der Waals surface area contributed by atoms with Gasteiger partial charge in [0, 0.05) is 36.3 Å². The van der Waals surface area contributed by atoms with Gasteiger partial charge in [0.1, 0.15) is 5.82 Å². The molecule has 1 atom stereocenters. The molecule has 3 aromatic rings. The number of hydrogen-bond donors (Lipinski definition) is 1. The fourth-order valence-electron chi connectivity index (χ4n) is 3.58. The molecule has 31 heavy (non-hydrogen) atoms. The molecule has 1 saturated heterocycles. The predicted molar refractivity (Wildman–Crippen MR) is 120 cm³/mol. The number of aromatic nitrogens is 3. The first-order valence-corrected chi connectivity index (χ1v) is 10.4. The van der Waals surface area contributed by atoms with Crippen LogP contribution in [-0.2, 0) is 15.0 Å². The Balaban J connectivity index is 1.56. The van der Waals surface area contributed by atoms with Crippen molar-refractivity contribution >= 4 is 23.3 Å². The minimum atomic E-state index is -0.432. The third-order valence-electron chi connectivity index (χ3n) is 5.44. The zero-order valence-corrected chi connectivity index (χ0v) is 18.3. The Morgan fingerprint density at radius 1 is 1.13 bits per heavy atom. The summed E-state index contributed by atoms with van der Waals surface area (Å²) < 4.78 is 1.65. The summed E-state index contributed by atoms with van der Waals surface area (Å²) in [7, 11) is 0. The van der Waals surface area contributed by atoms with Gasteiger partial charge in [-0.3, -0.25) is 9.59 Å². The highest BCUT2D eigenvalue weighted by Crippen LogP contribution is 2.29. The molecule has 0 radical (unpaired) electrons. The molecule has 7 heteroatoms. The summed E-state index contributed by atoms with van der Waals surface area (Å²) in [5, 5.41) is 7.67. The lowest BCUT2D eigenvalue weighted by atomic mass is 9.92. The second kappa shape index (κ2) is 7.98. The molecule has 1 N–H and O–H groups in total. The van der Waals surface area contributed by atoms with Crippen molar-refractivity contribution in [3.05, 3.63) is 66.0 Å². The van der Waals surface area contributed by atoms with Crippen molar-refractivity contribution in [1.82, 2.24) is 14.8 Å². The van der Waals surface area contributed by atoms with E-state index >= 15 is 0 Å². The number of benzene rings is 1. The van der Waals surface area contributed by atoms with Gasteiger partial charge >= 0.3 is 0 Å². The van der Waals surface area contributed by atoms with E-state index in [0.29, 0.717) is 18.2 Å². The number of carbonyl (C=O) groups excluding carboxylic acids is 2. The number of aryl methyl sites for hydroxylation is 1. The quantitative estimate of drug-likeness (QED) is 0.699. The van der Waals surface area contributed by atoms with Gasteiger partial charge in [-0.2, -0.15) is 9.78 Å². The Labute approximate surface area is 182 Å². The molecule has 0 bridgehead atoms. The summed E-state index contributed by atoms with van der Waals surface area (Å²) in [5.74, 6) is 0.504. The van der Waals surface area contributed by atoms with Crippen LogP contribution in [0, 0.1) is 12.8 Å². The maximum atomic E-state index is 13.1.